The largest absolute Gasteiger partial charge is 0.458 e. The van der Waals surface area contributed by atoms with Gasteiger partial charge in [-0.2, -0.15) is 0 Å². The number of ether oxygens (including phenoxy) is 4. The molecule has 18 atom stereocenters. The average Bonchev–Trinajstić information content (AvgIpc) is 3.31. The Hall–Kier alpha value is -1.87. The van der Waals surface area contributed by atoms with Crippen LogP contribution in [0.25, 0.3) is 0 Å². The maximum atomic E-state index is 13.7. The fourth-order valence-corrected chi connectivity index (χ4v) is 12.6. The zero-order chi connectivity index (χ0) is 35.8. The van der Waals surface area contributed by atoms with Gasteiger partial charge in [-0.3, -0.25) is 19.3 Å². The molecule has 0 aromatic rings. The van der Waals surface area contributed by atoms with Crippen molar-refractivity contribution in [2.75, 3.05) is 13.1 Å². The van der Waals surface area contributed by atoms with Crippen LogP contribution >= 0.6 is 0 Å². The second-order valence-corrected chi connectivity index (χ2v) is 17.2. The topological polar surface area (TPSA) is 193 Å². The van der Waals surface area contributed by atoms with Gasteiger partial charge in [-0.25, -0.2) is 0 Å². The van der Waals surface area contributed by atoms with E-state index in [-0.39, 0.29) is 18.9 Å². The number of fused-ring (bicyclic) bond motifs is 5. The normalized spacial score (nSPS) is 54.9. The molecule has 0 aromatic heterocycles. The number of rotatable bonds is 5. The third-order valence-electron chi connectivity index (χ3n) is 14.6. The number of piperidine rings is 2. The molecule has 4 bridgehead atoms. The van der Waals surface area contributed by atoms with Crippen LogP contribution in [-0.2, 0) is 33.3 Å². The summed E-state index contributed by atoms with van der Waals surface area (Å²) in [5.41, 5.74) is -6.08. The van der Waals surface area contributed by atoms with Crippen molar-refractivity contribution in [2.24, 2.45) is 46.8 Å². The van der Waals surface area contributed by atoms with E-state index in [1.54, 1.807) is 13.8 Å². The van der Waals surface area contributed by atoms with E-state index in [0.29, 0.717) is 25.3 Å². The van der Waals surface area contributed by atoms with Crippen LogP contribution in [0.2, 0.25) is 0 Å². The quantitative estimate of drug-likeness (QED) is 0.202. The van der Waals surface area contributed by atoms with Crippen LogP contribution in [0.1, 0.15) is 87.0 Å². The summed E-state index contributed by atoms with van der Waals surface area (Å²) in [7, 11) is 0. The second-order valence-electron chi connectivity index (χ2n) is 17.2. The van der Waals surface area contributed by atoms with Crippen LogP contribution in [-0.4, -0.2) is 121 Å². The molecule has 7 rings (SSSR count). The third kappa shape index (κ3) is 4.51. The Morgan fingerprint density at radius 3 is 2.18 bits per heavy atom. The standard InChI is InChI=1S/C36H55NO12/c1-8-17(3)31(42)48-30-25(41)24-20(15-37-14-16(2)9-10-22(37)33(24,7)43)21-13-34-29(35(21,30)44)27(47-19(5)39)26(46-18(4)38)28-32(34,6)12-11-23(40)36(28,45)49-34/h16-17,20-30,40-41,43-45H,8-15H2,1-7H3/t16-,17+,20-,21-,22-,23-,24+,25+,26-,27+,28-,29+,30-,32-,33+,34+,35-,36+/m0/s1. The zero-order valence-electron chi connectivity index (χ0n) is 29.7. The SMILES string of the molecule is CC[C@@H](C)C(=O)O[C@H]1[C@H](O)[C@H]2[C@@H](CN3C[C@@H](C)CC[C@H]3[C@@]2(C)O)[C@@H]2C[C@@]34O[C@@]5(O)[C@@H]([C@@H](OC(C)=O)[C@@H](OC(C)=O)[C@H]3[C@@]21O)[C@]4(C)CC[C@@H]5O. The molecule has 3 saturated heterocycles. The van der Waals surface area contributed by atoms with E-state index in [2.05, 4.69) is 11.8 Å². The predicted octanol–water partition coefficient (Wildman–Crippen LogP) is 0.895. The number of aliphatic hydroxyl groups is 5. The van der Waals surface area contributed by atoms with Crippen molar-refractivity contribution < 1.29 is 58.9 Å². The smallest absolute Gasteiger partial charge is 0.309 e. The zero-order valence-corrected chi connectivity index (χ0v) is 29.7. The lowest BCUT2D eigenvalue weighted by atomic mass is 9.48. The van der Waals surface area contributed by atoms with Crippen LogP contribution in [0.5, 0.6) is 0 Å². The highest BCUT2D eigenvalue weighted by Gasteiger charge is 2.89. The van der Waals surface area contributed by atoms with Crippen LogP contribution < -0.4 is 0 Å². The van der Waals surface area contributed by atoms with E-state index in [1.807, 2.05) is 13.8 Å². The Bertz CT molecular complexity index is 1390. The number of aliphatic hydroxyl groups excluding tert-OH is 2. The van der Waals surface area contributed by atoms with Gasteiger partial charge < -0.3 is 44.5 Å². The van der Waals surface area contributed by atoms with Gasteiger partial charge in [0.05, 0.1) is 35.1 Å². The molecule has 5 N–H and O–H groups in total. The molecular formula is C36H55NO12. The number of hydrogen-bond donors (Lipinski definition) is 5. The summed E-state index contributed by atoms with van der Waals surface area (Å²) >= 11 is 0. The van der Waals surface area contributed by atoms with Gasteiger partial charge in [0, 0.05) is 44.3 Å². The molecule has 3 heterocycles. The minimum atomic E-state index is -2.23. The van der Waals surface area contributed by atoms with E-state index in [9.17, 15) is 39.9 Å². The van der Waals surface area contributed by atoms with Gasteiger partial charge in [0.2, 0.25) is 0 Å². The van der Waals surface area contributed by atoms with Gasteiger partial charge in [-0.05, 0) is 63.2 Å². The molecule has 3 aliphatic heterocycles. The maximum absolute atomic E-state index is 13.7. The van der Waals surface area contributed by atoms with Crippen molar-refractivity contribution in [1.29, 1.82) is 0 Å². The van der Waals surface area contributed by atoms with Crippen molar-refractivity contribution >= 4 is 17.9 Å². The molecule has 49 heavy (non-hydrogen) atoms. The highest BCUT2D eigenvalue weighted by Crippen LogP contribution is 2.77. The van der Waals surface area contributed by atoms with Gasteiger partial charge in [0.15, 0.2) is 11.9 Å². The van der Waals surface area contributed by atoms with Crippen molar-refractivity contribution in [3.05, 3.63) is 0 Å². The molecule has 4 saturated carbocycles. The monoisotopic (exact) mass is 693 g/mol. The number of esters is 3. The highest BCUT2D eigenvalue weighted by atomic mass is 16.7. The molecule has 7 aliphatic rings. The Kier molecular flexibility index (Phi) is 8.20. The Morgan fingerprint density at radius 2 is 1.57 bits per heavy atom. The number of nitrogens with zero attached hydrogens (tertiary/aromatic N) is 1. The van der Waals surface area contributed by atoms with Crippen molar-refractivity contribution in [3.8, 4) is 0 Å². The lowest BCUT2D eigenvalue weighted by molar-refractivity contribution is -0.301. The van der Waals surface area contributed by atoms with E-state index >= 15 is 0 Å². The molecule has 13 nitrogen and oxygen atoms in total. The highest BCUT2D eigenvalue weighted by molar-refractivity contribution is 5.72. The molecule has 1 spiro atoms. The summed E-state index contributed by atoms with van der Waals surface area (Å²) in [6.45, 7) is 12.9. The predicted molar refractivity (Wildman–Crippen MR) is 170 cm³/mol. The first-order chi connectivity index (χ1) is 22.8. The molecular weight excluding hydrogens is 638 g/mol. The Labute approximate surface area is 287 Å². The fourth-order valence-electron chi connectivity index (χ4n) is 12.6. The molecule has 13 heteroatoms. The number of carbonyl (C=O) groups is 3. The first-order valence-corrected chi connectivity index (χ1v) is 18.3. The van der Waals surface area contributed by atoms with Crippen LogP contribution in [0, 0.1) is 46.8 Å². The van der Waals surface area contributed by atoms with Gasteiger partial charge >= 0.3 is 17.9 Å². The molecule has 0 aromatic carbocycles. The van der Waals surface area contributed by atoms with Gasteiger partial charge in [-0.1, -0.05) is 27.7 Å². The minimum absolute atomic E-state index is 0.0934. The van der Waals surface area contributed by atoms with Crippen molar-refractivity contribution in [2.45, 2.75) is 146 Å². The summed E-state index contributed by atoms with van der Waals surface area (Å²) in [4.78, 5) is 41.5. The van der Waals surface area contributed by atoms with Crippen molar-refractivity contribution in [3.63, 3.8) is 0 Å². The molecule has 276 valence electrons. The summed E-state index contributed by atoms with van der Waals surface area (Å²) in [5.74, 6) is -8.98. The van der Waals surface area contributed by atoms with Crippen molar-refractivity contribution in [1.82, 2.24) is 4.90 Å². The lowest BCUT2D eigenvalue weighted by Crippen LogP contribution is -2.78. The molecule has 4 aliphatic carbocycles. The second kappa shape index (κ2) is 11.3. The van der Waals surface area contributed by atoms with Gasteiger partial charge in [0.1, 0.15) is 23.9 Å². The fraction of sp³-hybridized carbons (Fsp3) is 0.917. The molecule has 0 amide bonds. The van der Waals surface area contributed by atoms with Gasteiger partial charge in [-0.15, -0.1) is 0 Å². The first-order valence-electron chi connectivity index (χ1n) is 18.3. The van der Waals surface area contributed by atoms with E-state index in [0.717, 1.165) is 19.4 Å². The molecule has 7 fully saturated rings. The van der Waals surface area contributed by atoms with E-state index < -0.39 is 112 Å². The van der Waals surface area contributed by atoms with Crippen LogP contribution in [0.15, 0.2) is 0 Å². The molecule has 0 radical (unpaired) electrons. The number of hydrogen-bond acceptors (Lipinski definition) is 13. The summed E-state index contributed by atoms with van der Waals surface area (Å²) < 4.78 is 24.9. The van der Waals surface area contributed by atoms with Crippen LogP contribution in [0.3, 0.4) is 0 Å². The Morgan fingerprint density at radius 1 is 0.939 bits per heavy atom. The van der Waals surface area contributed by atoms with E-state index in [4.69, 9.17) is 18.9 Å². The summed E-state index contributed by atoms with van der Waals surface area (Å²) in [5, 5.41) is 62.3. The minimum Gasteiger partial charge on any atom is -0.458 e. The third-order valence-corrected chi connectivity index (χ3v) is 14.6. The number of carbonyl (C=O) groups excluding carboxylic acids is 3. The molecule has 0 unspecified atom stereocenters. The first kappa shape index (κ1) is 35.5. The summed E-state index contributed by atoms with van der Waals surface area (Å²) in [6.07, 6.45) is -4.60. The maximum Gasteiger partial charge on any atom is 0.309 e. The summed E-state index contributed by atoms with van der Waals surface area (Å²) in [6, 6.07) is -0.264. The lowest BCUT2D eigenvalue weighted by Gasteiger charge is -2.64. The van der Waals surface area contributed by atoms with Crippen LogP contribution in [0.4, 0.5) is 0 Å². The average molecular weight is 694 g/mol. The van der Waals surface area contributed by atoms with E-state index in [1.165, 1.54) is 13.8 Å². The Balaban J connectivity index is 1.47. The van der Waals surface area contributed by atoms with Gasteiger partial charge in [0.25, 0.3) is 0 Å².